The van der Waals surface area contributed by atoms with Crippen molar-refractivity contribution in [2.75, 3.05) is 0 Å². The molecule has 2 aromatic heterocycles. The minimum atomic E-state index is -4.93. The number of halogens is 3. The number of aromatic nitrogens is 1. The second-order valence-electron chi connectivity index (χ2n) is 6.52. The fourth-order valence-corrected chi connectivity index (χ4v) is 4.17. The molecule has 0 amide bonds. The van der Waals surface area contributed by atoms with Gasteiger partial charge in [0.05, 0.1) is 15.6 Å². The van der Waals surface area contributed by atoms with E-state index in [0.29, 0.717) is 22.2 Å². The molecule has 0 radical (unpaired) electrons. The summed E-state index contributed by atoms with van der Waals surface area (Å²) in [5.41, 5.74) is -0.791. The Morgan fingerprint density at radius 1 is 1.23 bits per heavy atom. The third-order valence-electron chi connectivity index (χ3n) is 4.47. The number of benzene rings is 2. The normalized spacial score (nSPS) is 11.9. The van der Waals surface area contributed by atoms with E-state index in [1.54, 1.807) is 31.2 Å². The summed E-state index contributed by atoms with van der Waals surface area (Å²) in [5.74, 6) is -2.01. The van der Waals surface area contributed by atoms with Crippen molar-refractivity contribution in [1.29, 1.82) is 0 Å². The summed E-state index contributed by atoms with van der Waals surface area (Å²) >= 11 is 0.984. The van der Waals surface area contributed by atoms with Gasteiger partial charge in [-0.15, -0.1) is 11.3 Å². The maximum absolute atomic E-state index is 13.8. The smallest absolute Gasteiger partial charge is 0.450 e. The van der Waals surface area contributed by atoms with Gasteiger partial charge >= 0.3 is 12.1 Å². The molecule has 0 spiro atoms. The van der Waals surface area contributed by atoms with Crippen LogP contribution in [0.4, 0.5) is 13.2 Å². The molecule has 154 valence electrons. The first-order chi connectivity index (χ1) is 14.2. The third kappa shape index (κ3) is 3.45. The maximum Gasteiger partial charge on any atom is 0.450 e. The monoisotopic (exact) mass is 433 g/mol. The Morgan fingerprint density at radius 3 is 2.60 bits per heavy atom. The lowest BCUT2D eigenvalue weighted by atomic mass is 10.0. The van der Waals surface area contributed by atoms with Crippen molar-refractivity contribution in [3.05, 3.63) is 57.9 Å². The van der Waals surface area contributed by atoms with Crippen molar-refractivity contribution in [3.63, 3.8) is 0 Å². The Morgan fingerprint density at radius 2 is 1.97 bits per heavy atom. The minimum absolute atomic E-state index is 0.0370. The Hall–Kier alpha value is -3.20. The molecule has 4 rings (SSSR count). The zero-order chi connectivity index (χ0) is 21.6. The lowest BCUT2D eigenvalue weighted by Crippen LogP contribution is -2.16. The van der Waals surface area contributed by atoms with E-state index in [0.717, 1.165) is 17.4 Å². The highest BCUT2D eigenvalue weighted by Gasteiger charge is 2.40. The molecule has 0 fully saturated rings. The predicted octanol–water partition coefficient (Wildman–Crippen LogP) is 5.58. The van der Waals surface area contributed by atoms with E-state index >= 15 is 0 Å². The molecule has 0 atom stereocenters. The van der Waals surface area contributed by atoms with Gasteiger partial charge in [-0.25, -0.2) is 4.98 Å². The molecule has 30 heavy (non-hydrogen) atoms. The number of carbonyl (C=O) groups excluding carboxylic acids is 1. The number of para-hydroxylation sites is 1. The summed E-state index contributed by atoms with van der Waals surface area (Å²) in [6.07, 6.45) is -4.53. The van der Waals surface area contributed by atoms with Crippen molar-refractivity contribution in [2.45, 2.75) is 26.4 Å². The SMILES string of the molecule is CCc1cc2c(=O)c(-c3nc4ccccc4s3)c(C(F)(F)F)oc2cc1OC(C)=O. The van der Waals surface area contributed by atoms with Gasteiger partial charge in [0.1, 0.15) is 21.9 Å². The van der Waals surface area contributed by atoms with Gasteiger partial charge in [0.15, 0.2) is 0 Å². The topological polar surface area (TPSA) is 69.4 Å². The highest BCUT2D eigenvalue weighted by atomic mass is 32.1. The van der Waals surface area contributed by atoms with Crippen molar-refractivity contribution in [2.24, 2.45) is 0 Å². The molecule has 0 aliphatic rings. The number of ether oxygens (including phenoxy) is 1. The number of carbonyl (C=O) groups is 1. The van der Waals surface area contributed by atoms with Gasteiger partial charge in [0, 0.05) is 13.0 Å². The summed E-state index contributed by atoms with van der Waals surface area (Å²) in [5, 5.41) is -0.105. The van der Waals surface area contributed by atoms with Crippen LogP contribution in [0.1, 0.15) is 25.2 Å². The lowest BCUT2D eigenvalue weighted by molar-refractivity contribution is -0.152. The zero-order valence-corrected chi connectivity index (χ0v) is 16.6. The molecule has 2 heterocycles. The number of nitrogens with zero attached hydrogens (tertiary/aromatic N) is 1. The van der Waals surface area contributed by atoms with Crippen LogP contribution >= 0.6 is 11.3 Å². The summed E-state index contributed by atoms with van der Waals surface area (Å²) < 4.78 is 52.3. The lowest BCUT2D eigenvalue weighted by Gasteiger charge is -2.13. The van der Waals surface area contributed by atoms with Crippen LogP contribution in [-0.4, -0.2) is 11.0 Å². The number of thiazole rings is 1. The van der Waals surface area contributed by atoms with Crippen molar-refractivity contribution in [1.82, 2.24) is 4.98 Å². The van der Waals surface area contributed by atoms with Gasteiger partial charge < -0.3 is 9.15 Å². The molecule has 4 aromatic rings. The average molecular weight is 433 g/mol. The first kappa shape index (κ1) is 20.1. The molecule has 0 aliphatic heterocycles. The van der Waals surface area contributed by atoms with Crippen LogP contribution in [0.5, 0.6) is 5.75 Å². The van der Waals surface area contributed by atoms with E-state index in [1.165, 1.54) is 13.0 Å². The summed E-state index contributed by atoms with van der Waals surface area (Å²) in [7, 11) is 0. The third-order valence-corrected chi connectivity index (χ3v) is 5.53. The first-order valence-electron chi connectivity index (χ1n) is 8.94. The molecule has 0 saturated carbocycles. The Kier molecular flexibility index (Phi) is 4.85. The highest BCUT2D eigenvalue weighted by Crippen LogP contribution is 2.40. The fraction of sp³-hybridized carbons (Fsp3) is 0.190. The van der Waals surface area contributed by atoms with E-state index in [-0.39, 0.29) is 21.7 Å². The van der Waals surface area contributed by atoms with Crippen LogP contribution in [-0.2, 0) is 17.4 Å². The predicted molar refractivity (Wildman–Crippen MR) is 107 cm³/mol. The molecule has 0 saturated heterocycles. The van der Waals surface area contributed by atoms with E-state index in [1.807, 2.05) is 0 Å². The van der Waals surface area contributed by atoms with Crippen LogP contribution in [0.3, 0.4) is 0 Å². The number of fused-ring (bicyclic) bond motifs is 2. The molecule has 2 aromatic carbocycles. The van der Waals surface area contributed by atoms with E-state index in [4.69, 9.17) is 9.15 Å². The first-order valence-corrected chi connectivity index (χ1v) is 9.76. The number of esters is 1. The summed E-state index contributed by atoms with van der Waals surface area (Å²) in [4.78, 5) is 28.7. The molecule has 0 aliphatic carbocycles. The zero-order valence-electron chi connectivity index (χ0n) is 15.8. The minimum Gasteiger partial charge on any atom is -0.450 e. The summed E-state index contributed by atoms with van der Waals surface area (Å²) in [6.45, 7) is 2.95. The Labute approximate surface area is 171 Å². The van der Waals surface area contributed by atoms with E-state index in [9.17, 15) is 22.8 Å². The summed E-state index contributed by atoms with van der Waals surface area (Å²) in [6, 6.07) is 9.37. The van der Waals surface area contributed by atoms with Crippen molar-refractivity contribution >= 4 is 38.5 Å². The van der Waals surface area contributed by atoms with E-state index in [2.05, 4.69) is 4.98 Å². The second-order valence-corrected chi connectivity index (χ2v) is 7.55. The van der Waals surface area contributed by atoms with Crippen LogP contribution in [0, 0.1) is 0 Å². The number of aryl methyl sites for hydroxylation is 1. The molecule has 0 unspecified atom stereocenters. The Balaban J connectivity index is 2.07. The van der Waals surface area contributed by atoms with Crippen LogP contribution < -0.4 is 10.2 Å². The van der Waals surface area contributed by atoms with Gasteiger partial charge in [0.2, 0.25) is 11.2 Å². The van der Waals surface area contributed by atoms with Crippen LogP contribution in [0.25, 0.3) is 31.8 Å². The van der Waals surface area contributed by atoms with Gasteiger partial charge in [-0.1, -0.05) is 19.1 Å². The van der Waals surface area contributed by atoms with Crippen molar-refractivity contribution in [3.8, 4) is 16.3 Å². The fourth-order valence-electron chi connectivity index (χ4n) is 3.17. The van der Waals surface area contributed by atoms with Crippen molar-refractivity contribution < 1.29 is 27.1 Å². The quantitative estimate of drug-likeness (QED) is 0.312. The number of alkyl halides is 3. The highest BCUT2D eigenvalue weighted by molar-refractivity contribution is 7.21. The van der Waals surface area contributed by atoms with Crippen LogP contribution in [0.15, 0.2) is 45.6 Å². The second kappa shape index (κ2) is 7.24. The molecular weight excluding hydrogens is 419 g/mol. The maximum atomic E-state index is 13.8. The molecule has 9 heteroatoms. The number of rotatable bonds is 3. The van der Waals surface area contributed by atoms with Gasteiger partial charge in [-0.2, -0.15) is 13.2 Å². The molecule has 5 nitrogen and oxygen atoms in total. The molecule has 0 bridgehead atoms. The van der Waals surface area contributed by atoms with Gasteiger partial charge in [-0.05, 0) is 30.2 Å². The number of hydrogen-bond acceptors (Lipinski definition) is 6. The van der Waals surface area contributed by atoms with Crippen LogP contribution in [0.2, 0.25) is 0 Å². The van der Waals surface area contributed by atoms with E-state index < -0.39 is 28.9 Å². The molecular formula is C21H14F3NO4S. The average Bonchev–Trinajstić information content (AvgIpc) is 3.10. The standard InChI is InChI=1S/C21H14F3NO4S/c1-3-11-8-12-15(9-14(11)28-10(2)26)29-19(21(22,23)24)17(18(12)27)20-25-13-6-4-5-7-16(13)30-20/h4-9H,3H2,1-2H3. The van der Waals surface area contributed by atoms with Gasteiger partial charge in [0.25, 0.3) is 0 Å². The van der Waals surface area contributed by atoms with Gasteiger partial charge in [-0.3, -0.25) is 9.59 Å². The largest absolute Gasteiger partial charge is 0.450 e. The Bertz CT molecular complexity index is 1320. The molecule has 0 N–H and O–H groups in total. The number of hydrogen-bond donors (Lipinski definition) is 0.